The average Bonchev–Trinajstić information content (AvgIpc) is 2.81. The summed E-state index contributed by atoms with van der Waals surface area (Å²) in [4.78, 5) is 4.28. The molecule has 2 heterocycles. The van der Waals surface area contributed by atoms with E-state index in [2.05, 4.69) is 15.2 Å². The van der Waals surface area contributed by atoms with E-state index >= 15 is 0 Å². The maximum Gasteiger partial charge on any atom is 0.237 e. The Morgan fingerprint density at radius 3 is 2.72 bits per heavy atom. The van der Waals surface area contributed by atoms with Crippen LogP contribution >= 0.6 is 11.8 Å². The zero-order valence-electron chi connectivity index (χ0n) is 11.0. The molecular weight excluding hydrogens is 250 g/mol. The fraction of sp³-hybridized carbons (Fsp3) is 0.545. The minimum Gasteiger partial charge on any atom is -0.338 e. The molecule has 0 spiro atoms. The molecule has 98 valence electrons. The van der Waals surface area contributed by atoms with Gasteiger partial charge in [-0.15, -0.1) is 0 Å². The van der Waals surface area contributed by atoms with Crippen molar-refractivity contribution >= 4 is 11.8 Å². The first kappa shape index (κ1) is 13.1. The number of aryl methyl sites for hydroxylation is 2. The van der Waals surface area contributed by atoms with Gasteiger partial charge < -0.3 is 10.3 Å². The predicted molar refractivity (Wildman–Crippen MR) is 69.0 cm³/mol. The summed E-state index contributed by atoms with van der Waals surface area (Å²) < 4.78 is 7.01. The van der Waals surface area contributed by atoms with E-state index < -0.39 is 5.54 Å². The number of hydrogen-bond donors (Lipinski definition) is 1. The Morgan fingerprint density at radius 1 is 1.50 bits per heavy atom. The molecule has 0 saturated heterocycles. The molecule has 0 aliphatic heterocycles. The molecule has 2 aromatic rings. The minimum atomic E-state index is -0.574. The van der Waals surface area contributed by atoms with E-state index in [0.29, 0.717) is 17.5 Å². The topological polar surface area (TPSA) is 82.8 Å². The molecular formula is C11H17N5OS. The first-order valence-electron chi connectivity index (χ1n) is 5.61. The molecule has 0 bridgehead atoms. The zero-order valence-corrected chi connectivity index (χ0v) is 11.8. The molecule has 0 unspecified atom stereocenters. The lowest BCUT2D eigenvalue weighted by atomic mass is 10.1. The van der Waals surface area contributed by atoms with Crippen LogP contribution in [0, 0.1) is 6.92 Å². The fourth-order valence-corrected chi connectivity index (χ4v) is 2.30. The highest BCUT2D eigenvalue weighted by Crippen LogP contribution is 2.23. The van der Waals surface area contributed by atoms with Gasteiger partial charge in [0.2, 0.25) is 5.89 Å². The van der Waals surface area contributed by atoms with Gasteiger partial charge >= 0.3 is 0 Å². The van der Waals surface area contributed by atoms with E-state index in [9.17, 15) is 0 Å². The Labute approximate surface area is 110 Å². The highest BCUT2D eigenvalue weighted by molar-refractivity contribution is 7.98. The summed E-state index contributed by atoms with van der Waals surface area (Å²) in [7, 11) is 1.91. The van der Waals surface area contributed by atoms with Gasteiger partial charge in [0.15, 0.2) is 5.82 Å². The SMILES string of the molecule is Cc1cc(SCc2nc(C(C)(C)N)no2)n(C)n1. The minimum absolute atomic E-state index is 0.527. The van der Waals surface area contributed by atoms with Crippen LogP contribution in [0.5, 0.6) is 0 Å². The second-order valence-electron chi connectivity index (χ2n) is 4.77. The van der Waals surface area contributed by atoms with Crippen LogP contribution in [-0.2, 0) is 18.3 Å². The predicted octanol–water partition coefficient (Wildman–Crippen LogP) is 1.60. The molecule has 0 amide bonds. The number of thioether (sulfide) groups is 1. The number of aromatic nitrogens is 4. The molecule has 2 rings (SSSR count). The lowest BCUT2D eigenvalue weighted by molar-refractivity contribution is 0.369. The molecule has 2 aromatic heterocycles. The van der Waals surface area contributed by atoms with Crippen molar-refractivity contribution in [3.8, 4) is 0 Å². The third-order valence-electron chi connectivity index (χ3n) is 2.35. The fourth-order valence-electron chi connectivity index (χ4n) is 1.43. The maximum atomic E-state index is 5.90. The van der Waals surface area contributed by atoms with Gasteiger partial charge in [-0.3, -0.25) is 4.68 Å². The standard InChI is InChI=1S/C11H17N5OS/c1-7-5-9(16(4)14-7)18-6-8-13-10(15-17-8)11(2,3)12/h5H,6,12H2,1-4H3. The largest absolute Gasteiger partial charge is 0.338 e. The summed E-state index contributed by atoms with van der Waals surface area (Å²) in [6.07, 6.45) is 0. The Morgan fingerprint density at radius 2 is 2.22 bits per heavy atom. The van der Waals surface area contributed by atoms with Gasteiger partial charge in [0, 0.05) is 7.05 Å². The van der Waals surface area contributed by atoms with Crippen molar-refractivity contribution in [3.63, 3.8) is 0 Å². The smallest absolute Gasteiger partial charge is 0.237 e. The number of hydrogen-bond acceptors (Lipinski definition) is 6. The van der Waals surface area contributed by atoms with Crippen molar-refractivity contribution in [2.75, 3.05) is 0 Å². The summed E-state index contributed by atoms with van der Waals surface area (Å²) in [5.74, 6) is 1.72. The molecule has 7 heteroatoms. The van der Waals surface area contributed by atoms with Crippen LogP contribution in [0.3, 0.4) is 0 Å². The maximum absolute atomic E-state index is 5.90. The van der Waals surface area contributed by atoms with Crippen LogP contribution < -0.4 is 5.73 Å². The molecule has 0 aromatic carbocycles. The lowest BCUT2D eigenvalue weighted by Crippen LogP contribution is -2.30. The quantitative estimate of drug-likeness (QED) is 0.847. The van der Waals surface area contributed by atoms with Gasteiger partial charge in [0.05, 0.1) is 22.0 Å². The second-order valence-corrected chi connectivity index (χ2v) is 5.77. The Bertz CT molecular complexity index is 540. The van der Waals surface area contributed by atoms with Crippen molar-refractivity contribution in [2.45, 2.75) is 37.1 Å². The zero-order chi connectivity index (χ0) is 13.3. The summed E-state index contributed by atoms with van der Waals surface area (Å²) in [5.41, 5.74) is 6.32. The third-order valence-corrected chi connectivity index (χ3v) is 3.42. The van der Waals surface area contributed by atoms with Gasteiger partial charge in [0.1, 0.15) is 0 Å². The first-order chi connectivity index (χ1) is 8.36. The summed E-state index contributed by atoms with van der Waals surface area (Å²) in [5, 5.41) is 9.23. The average molecular weight is 267 g/mol. The second kappa shape index (κ2) is 4.74. The van der Waals surface area contributed by atoms with Crippen LogP contribution in [-0.4, -0.2) is 19.9 Å². The van der Waals surface area contributed by atoms with Gasteiger partial charge in [-0.25, -0.2) is 0 Å². The van der Waals surface area contributed by atoms with Gasteiger partial charge in [0.25, 0.3) is 0 Å². The highest BCUT2D eigenvalue weighted by atomic mass is 32.2. The molecule has 0 aliphatic carbocycles. The molecule has 6 nitrogen and oxygen atoms in total. The molecule has 18 heavy (non-hydrogen) atoms. The van der Waals surface area contributed by atoms with E-state index in [1.165, 1.54) is 0 Å². The van der Waals surface area contributed by atoms with Crippen molar-refractivity contribution in [1.29, 1.82) is 0 Å². The summed E-state index contributed by atoms with van der Waals surface area (Å²) >= 11 is 1.61. The van der Waals surface area contributed by atoms with Crippen molar-refractivity contribution in [1.82, 2.24) is 19.9 Å². The van der Waals surface area contributed by atoms with Gasteiger partial charge in [-0.2, -0.15) is 10.1 Å². The monoisotopic (exact) mass is 267 g/mol. The third kappa shape index (κ3) is 2.91. The van der Waals surface area contributed by atoms with E-state index in [4.69, 9.17) is 10.3 Å². The Hall–Kier alpha value is -1.34. The molecule has 2 N–H and O–H groups in total. The van der Waals surface area contributed by atoms with Crippen molar-refractivity contribution in [3.05, 3.63) is 23.5 Å². The molecule has 0 aliphatic rings. The van der Waals surface area contributed by atoms with Crippen LogP contribution in [0.15, 0.2) is 15.6 Å². The highest BCUT2D eigenvalue weighted by Gasteiger charge is 2.21. The number of nitrogens with zero attached hydrogens (tertiary/aromatic N) is 4. The Kier molecular flexibility index (Phi) is 3.45. The van der Waals surface area contributed by atoms with Crippen LogP contribution in [0.4, 0.5) is 0 Å². The molecule has 0 saturated carbocycles. The number of rotatable bonds is 4. The number of nitrogens with two attached hydrogens (primary N) is 1. The first-order valence-corrected chi connectivity index (χ1v) is 6.60. The molecule has 0 radical (unpaired) electrons. The van der Waals surface area contributed by atoms with E-state index in [1.807, 2.05) is 38.6 Å². The van der Waals surface area contributed by atoms with Crippen LogP contribution in [0.25, 0.3) is 0 Å². The Balaban J connectivity index is 2.03. The van der Waals surface area contributed by atoms with Gasteiger partial charge in [-0.1, -0.05) is 16.9 Å². The summed E-state index contributed by atoms with van der Waals surface area (Å²) in [6.45, 7) is 5.66. The molecule has 0 atom stereocenters. The molecule has 0 fully saturated rings. The van der Waals surface area contributed by atoms with Crippen LogP contribution in [0.2, 0.25) is 0 Å². The van der Waals surface area contributed by atoms with Crippen molar-refractivity contribution in [2.24, 2.45) is 12.8 Å². The van der Waals surface area contributed by atoms with E-state index in [1.54, 1.807) is 11.8 Å². The van der Waals surface area contributed by atoms with Crippen LogP contribution in [0.1, 0.15) is 31.3 Å². The summed E-state index contributed by atoms with van der Waals surface area (Å²) in [6, 6.07) is 2.02. The van der Waals surface area contributed by atoms with Crippen molar-refractivity contribution < 1.29 is 4.52 Å². The normalized spacial score (nSPS) is 12.1. The van der Waals surface area contributed by atoms with Gasteiger partial charge in [-0.05, 0) is 26.8 Å². The van der Waals surface area contributed by atoms with E-state index in [-0.39, 0.29) is 0 Å². The lowest BCUT2D eigenvalue weighted by Gasteiger charge is -2.11. The van der Waals surface area contributed by atoms with E-state index in [0.717, 1.165) is 10.7 Å².